The van der Waals surface area contributed by atoms with E-state index in [9.17, 15) is 9.59 Å². The van der Waals surface area contributed by atoms with Gasteiger partial charge in [-0.05, 0) is 19.8 Å². The molecule has 0 spiro atoms. The van der Waals surface area contributed by atoms with E-state index in [2.05, 4.69) is 11.4 Å². The van der Waals surface area contributed by atoms with Crippen LogP contribution in [0.5, 0.6) is 0 Å². The van der Waals surface area contributed by atoms with Gasteiger partial charge in [0.15, 0.2) is 0 Å². The molecule has 2 amide bonds. The Morgan fingerprint density at radius 3 is 2.53 bits per heavy atom. The maximum Gasteiger partial charge on any atom is 0.317 e. The average Bonchev–Trinajstić information content (AvgIpc) is 2.36. The number of hydrogen-bond donors (Lipinski definition) is 2. The Morgan fingerprint density at radius 1 is 1.32 bits per heavy atom. The first kappa shape index (κ1) is 17.2. The Kier molecular flexibility index (Phi) is 9.23. The van der Waals surface area contributed by atoms with Crippen LogP contribution in [0.15, 0.2) is 0 Å². The quantitative estimate of drug-likeness (QED) is 0.624. The van der Waals surface area contributed by atoms with Gasteiger partial charge in [0.25, 0.3) is 0 Å². The maximum absolute atomic E-state index is 11.6. The molecule has 0 aliphatic carbocycles. The molecule has 0 radical (unpaired) electrons. The van der Waals surface area contributed by atoms with Gasteiger partial charge < -0.3 is 15.3 Å². The lowest BCUT2D eigenvalue weighted by molar-refractivity contribution is -0.137. The van der Waals surface area contributed by atoms with E-state index < -0.39 is 5.97 Å². The molecule has 0 aromatic heterocycles. The first-order valence-electron chi connectivity index (χ1n) is 6.57. The molecule has 19 heavy (non-hydrogen) atoms. The molecular weight excluding hydrogens is 246 g/mol. The lowest BCUT2D eigenvalue weighted by atomic mass is 10.1. The number of rotatable bonds is 9. The van der Waals surface area contributed by atoms with E-state index in [1.807, 2.05) is 0 Å². The van der Waals surface area contributed by atoms with Gasteiger partial charge in [-0.1, -0.05) is 12.8 Å². The van der Waals surface area contributed by atoms with Gasteiger partial charge >= 0.3 is 12.0 Å². The summed E-state index contributed by atoms with van der Waals surface area (Å²) >= 11 is 0. The fourth-order valence-electron chi connectivity index (χ4n) is 1.62. The lowest BCUT2D eigenvalue weighted by Gasteiger charge is -2.18. The normalized spacial score (nSPS) is 11.4. The van der Waals surface area contributed by atoms with Crippen LogP contribution in [0.3, 0.4) is 0 Å². The first-order chi connectivity index (χ1) is 8.97. The van der Waals surface area contributed by atoms with Gasteiger partial charge in [-0.25, -0.2) is 4.79 Å². The zero-order valence-corrected chi connectivity index (χ0v) is 11.7. The second-order valence-corrected chi connectivity index (χ2v) is 4.70. The molecular formula is C13H23N3O3. The van der Waals surface area contributed by atoms with Gasteiger partial charge in [0.1, 0.15) is 0 Å². The maximum atomic E-state index is 11.6. The number of nitrogens with zero attached hydrogens (tertiary/aromatic N) is 2. The molecule has 0 aromatic rings. The van der Waals surface area contributed by atoms with E-state index in [4.69, 9.17) is 10.4 Å². The molecule has 0 bridgehead atoms. The summed E-state index contributed by atoms with van der Waals surface area (Å²) in [5.41, 5.74) is 0. The highest BCUT2D eigenvalue weighted by atomic mass is 16.4. The summed E-state index contributed by atoms with van der Waals surface area (Å²) in [4.78, 5) is 23.4. The number of urea groups is 1. The minimum atomic E-state index is -0.762. The molecule has 0 aliphatic rings. The number of carbonyl (C=O) groups is 2. The summed E-state index contributed by atoms with van der Waals surface area (Å²) in [5, 5.41) is 19.9. The first-order valence-corrected chi connectivity index (χ1v) is 6.57. The van der Waals surface area contributed by atoms with Gasteiger partial charge in [-0.2, -0.15) is 5.26 Å². The Labute approximate surface area is 114 Å². The molecule has 0 rings (SSSR count). The largest absolute Gasteiger partial charge is 0.481 e. The molecule has 0 aliphatic heterocycles. The highest BCUT2D eigenvalue weighted by Crippen LogP contribution is 2.02. The summed E-state index contributed by atoms with van der Waals surface area (Å²) in [6, 6.07) is 1.91. The summed E-state index contributed by atoms with van der Waals surface area (Å²) < 4.78 is 0. The van der Waals surface area contributed by atoms with E-state index in [0.29, 0.717) is 19.5 Å². The molecule has 0 heterocycles. The van der Waals surface area contributed by atoms with Crippen molar-refractivity contribution in [2.75, 3.05) is 20.1 Å². The molecule has 0 saturated carbocycles. The van der Waals surface area contributed by atoms with Crippen LogP contribution in [0.4, 0.5) is 4.79 Å². The zero-order chi connectivity index (χ0) is 14.7. The molecule has 0 fully saturated rings. The Balaban J connectivity index is 3.53. The van der Waals surface area contributed by atoms with Crippen molar-refractivity contribution in [2.24, 2.45) is 5.92 Å². The SMILES string of the molecule is CC(C#N)CN(C)C(=O)NCCCCCCC(=O)O. The van der Waals surface area contributed by atoms with Crippen molar-refractivity contribution in [3.05, 3.63) is 0 Å². The number of nitrogens with one attached hydrogen (secondary N) is 1. The molecule has 6 nitrogen and oxygen atoms in total. The monoisotopic (exact) mass is 269 g/mol. The van der Waals surface area contributed by atoms with Crippen LogP contribution in [0.2, 0.25) is 0 Å². The van der Waals surface area contributed by atoms with Crippen LogP contribution in [0, 0.1) is 17.2 Å². The van der Waals surface area contributed by atoms with Crippen LogP contribution >= 0.6 is 0 Å². The molecule has 0 saturated heterocycles. The van der Waals surface area contributed by atoms with Crippen molar-refractivity contribution in [3.8, 4) is 6.07 Å². The lowest BCUT2D eigenvalue weighted by Crippen LogP contribution is -2.39. The highest BCUT2D eigenvalue weighted by molar-refractivity contribution is 5.73. The van der Waals surface area contributed by atoms with Crippen molar-refractivity contribution in [1.29, 1.82) is 5.26 Å². The molecule has 6 heteroatoms. The Morgan fingerprint density at radius 2 is 1.95 bits per heavy atom. The van der Waals surface area contributed by atoms with E-state index in [1.165, 1.54) is 4.90 Å². The van der Waals surface area contributed by atoms with Gasteiger partial charge in [-0.15, -0.1) is 0 Å². The van der Waals surface area contributed by atoms with Crippen molar-refractivity contribution in [3.63, 3.8) is 0 Å². The summed E-state index contributed by atoms with van der Waals surface area (Å²) in [7, 11) is 1.66. The number of aliphatic carboxylic acids is 1. The Hall–Kier alpha value is -1.77. The third-order valence-corrected chi connectivity index (χ3v) is 2.71. The summed E-state index contributed by atoms with van der Waals surface area (Å²) in [5.74, 6) is -0.937. The number of nitriles is 1. The zero-order valence-electron chi connectivity index (χ0n) is 11.7. The number of hydrogen-bond acceptors (Lipinski definition) is 3. The fourth-order valence-corrected chi connectivity index (χ4v) is 1.62. The van der Waals surface area contributed by atoms with Gasteiger partial charge in [0.05, 0.1) is 12.0 Å². The van der Waals surface area contributed by atoms with Crippen LogP contribution < -0.4 is 5.32 Å². The minimum Gasteiger partial charge on any atom is -0.481 e. The average molecular weight is 269 g/mol. The number of amides is 2. The molecule has 2 N–H and O–H groups in total. The third-order valence-electron chi connectivity index (χ3n) is 2.71. The summed E-state index contributed by atoms with van der Waals surface area (Å²) in [6.07, 6.45) is 3.51. The third kappa shape index (κ3) is 9.89. The number of carbonyl (C=O) groups excluding carboxylic acids is 1. The number of carboxylic acids is 1. The smallest absolute Gasteiger partial charge is 0.317 e. The summed E-state index contributed by atoms with van der Waals surface area (Å²) in [6.45, 7) is 2.77. The highest BCUT2D eigenvalue weighted by Gasteiger charge is 2.10. The van der Waals surface area contributed by atoms with E-state index in [1.54, 1.807) is 14.0 Å². The van der Waals surface area contributed by atoms with Crippen LogP contribution in [0.25, 0.3) is 0 Å². The van der Waals surface area contributed by atoms with Crippen molar-refractivity contribution < 1.29 is 14.7 Å². The molecule has 1 atom stereocenters. The second-order valence-electron chi connectivity index (χ2n) is 4.70. The standard InChI is InChI=1S/C13H23N3O3/c1-11(9-14)10-16(2)13(19)15-8-6-4-3-5-7-12(17)18/h11H,3-8,10H2,1-2H3,(H,15,19)(H,17,18). The Bertz CT molecular complexity index is 326. The molecule has 108 valence electrons. The van der Waals surface area contributed by atoms with E-state index in [-0.39, 0.29) is 18.4 Å². The van der Waals surface area contributed by atoms with Gasteiger partial charge in [-0.3, -0.25) is 4.79 Å². The van der Waals surface area contributed by atoms with Crippen molar-refractivity contribution in [2.45, 2.75) is 39.0 Å². The predicted molar refractivity (Wildman–Crippen MR) is 71.5 cm³/mol. The number of carboxylic acid groups (broad SMARTS) is 1. The molecule has 0 aromatic carbocycles. The van der Waals surface area contributed by atoms with E-state index in [0.717, 1.165) is 19.3 Å². The van der Waals surface area contributed by atoms with Gasteiger partial charge in [0.2, 0.25) is 0 Å². The second kappa shape index (κ2) is 10.2. The number of unbranched alkanes of at least 4 members (excludes halogenated alkanes) is 3. The fraction of sp³-hybridized carbons (Fsp3) is 0.769. The minimum absolute atomic E-state index is 0.173. The van der Waals surface area contributed by atoms with Crippen LogP contribution in [-0.2, 0) is 4.79 Å². The topological polar surface area (TPSA) is 93.4 Å². The molecule has 1 unspecified atom stereocenters. The van der Waals surface area contributed by atoms with Crippen LogP contribution in [-0.4, -0.2) is 42.1 Å². The predicted octanol–water partition coefficient (Wildman–Crippen LogP) is 1.82. The van der Waals surface area contributed by atoms with Crippen molar-refractivity contribution >= 4 is 12.0 Å². The van der Waals surface area contributed by atoms with Crippen molar-refractivity contribution in [1.82, 2.24) is 10.2 Å². The van der Waals surface area contributed by atoms with Crippen LogP contribution in [0.1, 0.15) is 39.0 Å². The van der Waals surface area contributed by atoms with E-state index >= 15 is 0 Å². The van der Waals surface area contributed by atoms with Gasteiger partial charge in [0, 0.05) is 26.6 Å².